The first-order valence-electron chi connectivity index (χ1n) is 6.64. The van der Waals surface area contributed by atoms with E-state index in [4.69, 9.17) is 22.3 Å². The van der Waals surface area contributed by atoms with Crippen molar-refractivity contribution in [2.45, 2.75) is 43.7 Å². The highest BCUT2D eigenvalue weighted by Crippen LogP contribution is 2.45. The van der Waals surface area contributed by atoms with E-state index in [9.17, 15) is 0 Å². The lowest BCUT2D eigenvalue weighted by Gasteiger charge is -2.37. The Kier molecular flexibility index (Phi) is 2.10. The fourth-order valence-electron chi connectivity index (χ4n) is 2.90. The van der Waals surface area contributed by atoms with E-state index >= 15 is 0 Å². The zero-order chi connectivity index (χ0) is 12.3. The molecule has 0 atom stereocenters. The number of fused-ring (bicyclic) bond motifs is 1. The second kappa shape index (κ2) is 3.49. The third-order valence-corrected chi connectivity index (χ3v) is 4.49. The number of aromatic nitrogens is 2. The van der Waals surface area contributed by atoms with E-state index in [2.05, 4.69) is 4.57 Å². The summed E-state index contributed by atoms with van der Waals surface area (Å²) in [6, 6.07) is 6.52. The Morgan fingerprint density at radius 2 is 2.11 bits per heavy atom. The predicted molar refractivity (Wildman–Crippen MR) is 72.7 cm³/mol. The number of imidazole rings is 1. The SMILES string of the molecule is NC1(c2nc3ccc(Cl)cc3n2C2CC2)CCC1. The zero-order valence-corrected chi connectivity index (χ0v) is 11.0. The van der Waals surface area contributed by atoms with Gasteiger partial charge in [-0.05, 0) is 50.3 Å². The highest BCUT2D eigenvalue weighted by Gasteiger charge is 2.41. The van der Waals surface area contributed by atoms with Crippen LogP contribution in [-0.4, -0.2) is 9.55 Å². The zero-order valence-electron chi connectivity index (χ0n) is 10.2. The summed E-state index contributed by atoms with van der Waals surface area (Å²) in [5, 5.41) is 0.774. The number of nitrogens with zero attached hydrogens (tertiary/aromatic N) is 2. The molecule has 2 N–H and O–H groups in total. The van der Waals surface area contributed by atoms with E-state index in [0.29, 0.717) is 6.04 Å². The standard InChI is InChI=1S/C14H16ClN3/c15-9-2-5-11-12(8-9)18(10-3-4-10)13(17-11)14(16)6-1-7-14/h2,5,8,10H,1,3-4,6-7,16H2. The van der Waals surface area contributed by atoms with Crippen LogP contribution in [0.5, 0.6) is 0 Å². The Bertz CT molecular complexity index is 623. The minimum atomic E-state index is -0.200. The van der Waals surface area contributed by atoms with Crippen LogP contribution in [0.3, 0.4) is 0 Å². The van der Waals surface area contributed by atoms with Crippen LogP contribution in [0.2, 0.25) is 5.02 Å². The Hall–Kier alpha value is -1.06. The van der Waals surface area contributed by atoms with E-state index in [1.807, 2.05) is 18.2 Å². The van der Waals surface area contributed by atoms with Crippen LogP contribution in [0, 0.1) is 0 Å². The predicted octanol–water partition coefficient (Wildman–Crippen LogP) is 3.36. The van der Waals surface area contributed by atoms with Gasteiger partial charge in [0.25, 0.3) is 0 Å². The van der Waals surface area contributed by atoms with Crippen molar-refractivity contribution in [1.29, 1.82) is 0 Å². The van der Waals surface area contributed by atoms with Crippen LogP contribution >= 0.6 is 11.6 Å². The van der Waals surface area contributed by atoms with Crippen molar-refractivity contribution in [2.24, 2.45) is 5.73 Å². The van der Waals surface area contributed by atoms with Crippen LogP contribution in [0.1, 0.15) is 44.0 Å². The van der Waals surface area contributed by atoms with Crippen molar-refractivity contribution in [3.63, 3.8) is 0 Å². The van der Waals surface area contributed by atoms with Gasteiger partial charge in [0.05, 0.1) is 16.6 Å². The first-order valence-corrected chi connectivity index (χ1v) is 7.02. The molecule has 3 nitrogen and oxygen atoms in total. The number of hydrogen-bond donors (Lipinski definition) is 1. The summed E-state index contributed by atoms with van der Waals surface area (Å²) >= 11 is 6.11. The number of nitrogens with two attached hydrogens (primary N) is 1. The Balaban J connectivity index is 1.98. The van der Waals surface area contributed by atoms with Gasteiger partial charge in [-0.2, -0.15) is 0 Å². The van der Waals surface area contributed by atoms with E-state index in [1.165, 1.54) is 19.3 Å². The Labute approximate surface area is 111 Å². The average Bonchev–Trinajstić information content (AvgIpc) is 3.07. The molecule has 1 heterocycles. The summed E-state index contributed by atoms with van der Waals surface area (Å²) in [5.41, 5.74) is 8.45. The minimum absolute atomic E-state index is 0.200. The van der Waals surface area contributed by atoms with Crippen LogP contribution in [0.15, 0.2) is 18.2 Å². The summed E-state index contributed by atoms with van der Waals surface area (Å²) in [7, 11) is 0. The van der Waals surface area contributed by atoms with Crippen LogP contribution in [0.4, 0.5) is 0 Å². The molecule has 18 heavy (non-hydrogen) atoms. The summed E-state index contributed by atoms with van der Waals surface area (Å²) < 4.78 is 2.35. The molecule has 2 saturated carbocycles. The van der Waals surface area contributed by atoms with Crippen molar-refractivity contribution in [1.82, 2.24) is 9.55 Å². The van der Waals surface area contributed by atoms with Gasteiger partial charge < -0.3 is 10.3 Å². The van der Waals surface area contributed by atoms with E-state index in [0.717, 1.165) is 34.7 Å². The lowest BCUT2D eigenvalue weighted by molar-refractivity contribution is 0.231. The largest absolute Gasteiger partial charge is 0.323 e. The maximum Gasteiger partial charge on any atom is 0.130 e. The quantitative estimate of drug-likeness (QED) is 0.901. The maximum absolute atomic E-state index is 6.48. The topological polar surface area (TPSA) is 43.8 Å². The molecule has 1 aromatic carbocycles. The second-order valence-corrected chi connectivity index (χ2v) is 6.12. The molecule has 0 aliphatic heterocycles. The number of hydrogen-bond acceptors (Lipinski definition) is 2. The van der Waals surface area contributed by atoms with Gasteiger partial charge in [0.2, 0.25) is 0 Å². The van der Waals surface area contributed by atoms with E-state index in [1.54, 1.807) is 0 Å². The van der Waals surface area contributed by atoms with E-state index < -0.39 is 0 Å². The van der Waals surface area contributed by atoms with Crippen LogP contribution in [0.25, 0.3) is 11.0 Å². The molecule has 0 spiro atoms. The molecule has 0 unspecified atom stereocenters. The molecule has 0 bridgehead atoms. The molecule has 4 rings (SSSR count). The van der Waals surface area contributed by atoms with Gasteiger partial charge in [-0.1, -0.05) is 11.6 Å². The van der Waals surface area contributed by atoms with Crippen molar-refractivity contribution >= 4 is 22.6 Å². The van der Waals surface area contributed by atoms with Gasteiger partial charge in [-0.25, -0.2) is 4.98 Å². The molecular weight excluding hydrogens is 246 g/mol. The summed E-state index contributed by atoms with van der Waals surface area (Å²) in [4.78, 5) is 4.79. The molecule has 2 aliphatic rings. The van der Waals surface area contributed by atoms with Crippen LogP contribution in [-0.2, 0) is 5.54 Å². The maximum atomic E-state index is 6.48. The van der Waals surface area contributed by atoms with Crippen LogP contribution < -0.4 is 5.73 Å². The lowest BCUT2D eigenvalue weighted by atomic mass is 9.77. The Morgan fingerprint density at radius 3 is 2.72 bits per heavy atom. The summed E-state index contributed by atoms with van der Waals surface area (Å²) in [6.07, 6.45) is 5.79. The molecule has 0 radical (unpaired) electrons. The molecule has 1 aromatic heterocycles. The molecule has 2 aliphatic carbocycles. The lowest BCUT2D eigenvalue weighted by Crippen LogP contribution is -2.45. The van der Waals surface area contributed by atoms with Crippen molar-refractivity contribution in [3.8, 4) is 0 Å². The number of benzene rings is 1. The molecule has 2 aromatic rings. The third kappa shape index (κ3) is 1.44. The van der Waals surface area contributed by atoms with Crippen molar-refractivity contribution in [2.75, 3.05) is 0 Å². The van der Waals surface area contributed by atoms with Crippen molar-refractivity contribution in [3.05, 3.63) is 29.0 Å². The molecular formula is C14H16ClN3. The first-order chi connectivity index (χ1) is 8.67. The Morgan fingerprint density at radius 1 is 1.33 bits per heavy atom. The summed E-state index contributed by atoms with van der Waals surface area (Å²) in [5.74, 6) is 1.08. The highest BCUT2D eigenvalue weighted by molar-refractivity contribution is 6.31. The number of halogens is 1. The minimum Gasteiger partial charge on any atom is -0.323 e. The fourth-order valence-corrected chi connectivity index (χ4v) is 3.07. The molecule has 0 amide bonds. The van der Waals surface area contributed by atoms with Gasteiger partial charge in [-0.15, -0.1) is 0 Å². The van der Waals surface area contributed by atoms with E-state index in [-0.39, 0.29) is 5.54 Å². The highest BCUT2D eigenvalue weighted by atomic mass is 35.5. The van der Waals surface area contributed by atoms with Gasteiger partial charge in [0.1, 0.15) is 5.82 Å². The first kappa shape index (κ1) is 10.8. The smallest absolute Gasteiger partial charge is 0.130 e. The molecule has 2 fully saturated rings. The van der Waals surface area contributed by atoms with Crippen molar-refractivity contribution < 1.29 is 0 Å². The average molecular weight is 262 g/mol. The second-order valence-electron chi connectivity index (χ2n) is 5.68. The molecule has 4 heteroatoms. The van der Waals surface area contributed by atoms with Gasteiger partial charge in [0.15, 0.2) is 0 Å². The fraction of sp³-hybridized carbons (Fsp3) is 0.500. The monoisotopic (exact) mass is 261 g/mol. The van der Waals surface area contributed by atoms with Gasteiger partial charge >= 0.3 is 0 Å². The molecule has 0 saturated heterocycles. The van der Waals surface area contributed by atoms with Gasteiger partial charge in [0, 0.05) is 11.1 Å². The number of rotatable bonds is 2. The van der Waals surface area contributed by atoms with Gasteiger partial charge in [-0.3, -0.25) is 0 Å². The molecule has 94 valence electrons. The third-order valence-electron chi connectivity index (χ3n) is 4.25. The summed E-state index contributed by atoms with van der Waals surface area (Å²) in [6.45, 7) is 0. The normalized spacial score (nSPS) is 22.1.